The van der Waals surface area contributed by atoms with E-state index in [-0.39, 0.29) is 17.4 Å². The molecule has 0 atom stereocenters. The number of nitrogens with zero attached hydrogens (tertiary/aromatic N) is 2. The van der Waals surface area contributed by atoms with Crippen molar-refractivity contribution in [3.05, 3.63) is 4.91 Å². The summed E-state index contributed by atoms with van der Waals surface area (Å²) in [5, 5.41) is 9.08. The predicted molar refractivity (Wildman–Crippen MR) is 74.9 cm³/mol. The van der Waals surface area contributed by atoms with Crippen LogP contribution in [0.5, 0.6) is 0 Å². The summed E-state index contributed by atoms with van der Waals surface area (Å²) in [4.78, 5) is 24.0. The van der Waals surface area contributed by atoms with Gasteiger partial charge in [-0.25, -0.2) is 4.79 Å². The zero-order valence-electron chi connectivity index (χ0n) is 11.7. The molecule has 1 aliphatic rings. The van der Waals surface area contributed by atoms with Crippen molar-refractivity contribution in [1.82, 2.24) is 4.90 Å². The molecular formula is C12H22N2O4S. The maximum Gasteiger partial charge on any atom is 0.410 e. The van der Waals surface area contributed by atoms with Crippen LogP contribution in [0.15, 0.2) is 4.58 Å². The van der Waals surface area contributed by atoms with Gasteiger partial charge in [-0.05, 0) is 40.0 Å². The van der Waals surface area contributed by atoms with Gasteiger partial charge in [-0.2, -0.15) is 0 Å². The molecule has 1 rings (SSSR count). The van der Waals surface area contributed by atoms with Crippen LogP contribution in [-0.4, -0.2) is 46.1 Å². The van der Waals surface area contributed by atoms with Crippen molar-refractivity contribution >= 4 is 18.0 Å². The Morgan fingerprint density at radius 1 is 1.42 bits per heavy atom. The topological polar surface area (TPSA) is 79.2 Å². The van der Waals surface area contributed by atoms with E-state index < -0.39 is 5.60 Å². The number of aliphatic hydroxyl groups is 1. The molecule has 1 aliphatic heterocycles. The first-order valence-electron chi connectivity index (χ1n) is 6.41. The van der Waals surface area contributed by atoms with Crippen molar-refractivity contribution in [2.75, 3.05) is 19.7 Å². The highest BCUT2D eigenvalue weighted by atomic mass is 32.2. The van der Waals surface area contributed by atoms with Gasteiger partial charge in [0.2, 0.25) is 0 Å². The highest BCUT2D eigenvalue weighted by Crippen LogP contribution is 2.39. The summed E-state index contributed by atoms with van der Waals surface area (Å²) in [7, 11) is 0. The van der Waals surface area contributed by atoms with Gasteiger partial charge in [0.1, 0.15) is 5.60 Å². The van der Waals surface area contributed by atoms with E-state index in [2.05, 4.69) is 4.58 Å². The molecule has 0 unspecified atom stereocenters. The predicted octanol–water partition coefficient (Wildman–Crippen LogP) is 2.55. The molecule has 0 spiro atoms. The lowest BCUT2D eigenvalue weighted by atomic mass is 9.93. The van der Waals surface area contributed by atoms with Crippen LogP contribution in [0, 0.1) is 4.91 Å². The van der Waals surface area contributed by atoms with Crippen molar-refractivity contribution in [3.8, 4) is 0 Å². The second kappa shape index (κ2) is 6.56. The fourth-order valence-corrected chi connectivity index (χ4v) is 2.80. The van der Waals surface area contributed by atoms with Crippen molar-refractivity contribution in [3.63, 3.8) is 0 Å². The maximum atomic E-state index is 11.9. The number of piperidine rings is 1. The average molecular weight is 290 g/mol. The fourth-order valence-electron chi connectivity index (χ4n) is 2.09. The first kappa shape index (κ1) is 16.2. The summed E-state index contributed by atoms with van der Waals surface area (Å²) in [6.07, 6.45) is 1.48. The summed E-state index contributed by atoms with van der Waals surface area (Å²) in [6.45, 7) is 6.56. The molecule has 19 heavy (non-hydrogen) atoms. The number of hydrogen-bond donors (Lipinski definition) is 1. The van der Waals surface area contributed by atoms with Gasteiger partial charge >= 0.3 is 6.09 Å². The number of amides is 1. The molecule has 1 N–H and O–H groups in total. The molecule has 0 radical (unpaired) electrons. The Bertz CT molecular complexity index is 322. The Morgan fingerprint density at radius 2 is 2.00 bits per heavy atom. The molecule has 0 aromatic carbocycles. The van der Waals surface area contributed by atoms with Crippen LogP contribution in [-0.2, 0) is 4.74 Å². The Balaban J connectivity index is 2.55. The van der Waals surface area contributed by atoms with E-state index in [1.165, 1.54) is 0 Å². The normalized spacial score (nSPS) is 19.1. The summed E-state index contributed by atoms with van der Waals surface area (Å²) >= 11 is 0.982. The standard InChI is InChI=1S/C12H22N2O4S/c1-11(2,3)18-10(16)14-7-4-12(5-8-14,6-9-15)19-13-17/h15H,4-9H2,1-3H3. The van der Waals surface area contributed by atoms with Crippen LogP contribution >= 0.6 is 11.9 Å². The third kappa shape index (κ3) is 4.99. The molecule has 0 bridgehead atoms. The number of likely N-dealkylation sites (tertiary alicyclic amines) is 1. The SMILES string of the molecule is CC(C)(C)OC(=O)N1CCC(CCO)(SN=O)CC1. The van der Waals surface area contributed by atoms with Crippen LogP contribution in [0.4, 0.5) is 4.79 Å². The largest absolute Gasteiger partial charge is 0.444 e. The summed E-state index contributed by atoms with van der Waals surface area (Å²) in [5.41, 5.74) is -0.504. The molecule has 7 heteroatoms. The van der Waals surface area contributed by atoms with Crippen LogP contribution in [0.25, 0.3) is 0 Å². The van der Waals surface area contributed by atoms with Gasteiger partial charge < -0.3 is 14.7 Å². The Hall–Kier alpha value is -0.820. The lowest BCUT2D eigenvalue weighted by Crippen LogP contribution is -2.47. The molecular weight excluding hydrogens is 268 g/mol. The Morgan fingerprint density at radius 3 is 2.42 bits per heavy atom. The Kier molecular flexibility index (Phi) is 5.61. The maximum absolute atomic E-state index is 11.9. The van der Waals surface area contributed by atoms with Gasteiger partial charge in [0.25, 0.3) is 0 Å². The molecule has 0 aromatic heterocycles. The molecule has 1 amide bonds. The summed E-state index contributed by atoms with van der Waals surface area (Å²) < 4.78 is 7.87. The molecule has 1 heterocycles. The second-order valence-corrected chi connectivity index (χ2v) is 6.99. The van der Waals surface area contributed by atoms with E-state index in [4.69, 9.17) is 9.84 Å². The van der Waals surface area contributed by atoms with E-state index in [9.17, 15) is 9.70 Å². The van der Waals surface area contributed by atoms with E-state index >= 15 is 0 Å². The second-order valence-electron chi connectivity index (χ2n) is 5.79. The van der Waals surface area contributed by atoms with Crippen molar-refractivity contribution in [2.24, 2.45) is 4.58 Å². The average Bonchev–Trinajstić information content (AvgIpc) is 2.28. The van der Waals surface area contributed by atoms with Crippen LogP contribution < -0.4 is 0 Å². The fraction of sp³-hybridized carbons (Fsp3) is 0.917. The summed E-state index contributed by atoms with van der Waals surface area (Å²) in [6, 6.07) is 0. The molecule has 0 saturated carbocycles. The van der Waals surface area contributed by atoms with E-state index in [1.54, 1.807) is 4.90 Å². The molecule has 0 aromatic rings. The smallest absolute Gasteiger partial charge is 0.410 e. The molecule has 0 aliphatic carbocycles. The van der Waals surface area contributed by atoms with Gasteiger partial charge in [0, 0.05) is 41.0 Å². The summed E-state index contributed by atoms with van der Waals surface area (Å²) in [5.74, 6) is 0. The number of nitroso groups, excluding NO2 is 1. The highest BCUT2D eigenvalue weighted by molar-refractivity contribution is 7.99. The zero-order chi connectivity index (χ0) is 14.5. The minimum Gasteiger partial charge on any atom is -0.444 e. The molecule has 1 saturated heterocycles. The van der Waals surface area contributed by atoms with Crippen molar-refractivity contribution in [1.29, 1.82) is 0 Å². The quantitative estimate of drug-likeness (QED) is 0.636. The number of ether oxygens (including phenoxy) is 1. The highest BCUT2D eigenvalue weighted by Gasteiger charge is 2.38. The van der Waals surface area contributed by atoms with Crippen LogP contribution in [0.2, 0.25) is 0 Å². The molecule has 1 fully saturated rings. The first-order chi connectivity index (χ1) is 8.82. The first-order valence-corrected chi connectivity index (χ1v) is 7.19. The number of aliphatic hydroxyl groups excluding tert-OH is 1. The number of hydrogen-bond acceptors (Lipinski definition) is 6. The van der Waals surface area contributed by atoms with Gasteiger partial charge in [0.05, 0.1) is 0 Å². The van der Waals surface area contributed by atoms with Crippen molar-refractivity contribution < 1.29 is 14.6 Å². The van der Waals surface area contributed by atoms with Gasteiger partial charge in [-0.3, -0.25) is 0 Å². The van der Waals surface area contributed by atoms with Gasteiger partial charge in [-0.1, -0.05) is 0 Å². The lowest BCUT2D eigenvalue weighted by Gasteiger charge is -2.39. The number of carbonyl (C=O) groups is 1. The lowest BCUT2D eigenvalue weighted by molar-refractivity contribution is 0.0191. The third-order valence-electron chi connectivity index (χ3n) is 3.12. The Labute approximate surface area is 118 Å². The minimum atomic E-state index is -0.504. The van der Waals surface area contributed by atoms with Crippen LogP contribution in [0.3, 0.4) is 0 Å². The number of carbonyl (C=O) groups excluding carboxylic acids is 1. The van der Waals surface area contributed by atoms with Gasteiger partial charge in [-0.15, -0.1) is 4.91 Å². The van der Waals surface area contributed by atoms with Crippen molar-refractivity contribution in [2.45, 2.75) is 50.4 Å². The molecule has 6 nitrogen and oxygen atoms in total. The van der Waals surface area contributed by atoms with E-state index in [0.717, 1.165) is 11.9 Å². The van der Waals surface area contributed by atoms with E-state index in [1.807, 2.05) is 20.8 Å². The number of rotatable bonds is 4. The minimum absolute atomic E-state index is 0.0228. The third-order valence-corrected chi connectivity index (χ3v) is 4.20. The molecule has 110 valence electrons. The zero-order valence-corrected chi connectivity index (χ0v) is 12.5. The van der Waals surface area contributed by atoms with Gasteiger partial charge in [0.15, 0.2) is 0 Å². The monoisotopic (exact) mass is 290 g/mol. The van der Waals surface area contributed by atoms with Crippen LogP contribution in [0.1, 0.15) is 40.0 Å². The van der Waals surface area contributed by atoms with E-state index in [0.29, 0.717) is 32.4 Å².